The molecule has 0 aliphatic rings. The van der Waals surface area contributed by atoms with Crippen molar-refractivity contribution in [2.24, 2.45) is 0 Å². The van der Waals surface area contributed by atoms with Crippen LogP contribution in [0.15, 0.2) is 0 Å². The van der Waals surface area contributed by atoms with Gasteiger partial charge in [0.1, 0.15) is 0 Å². The summed E-state index contributed by atoms with van der Waals surface area (Å²) < 4.78 is 0. The van der Waals surface area contributed by atoms with Crippen LogP contribution in [0.1, 0.15) is 0 Å². The predicted molar refractivity (Wildman–Crippen MR) is 0 cm³/mol. The number of hydrogen-bond donors (Lipinski definition) is 0. The molecule has 0 aliphatic carbocycles. The van der Waals surface area contributed by atoms with Crippen LogP contribution in [0, 0.1) is 0 Å². The fraction of sp³-hybridized carbons (Fsp3) is 0. The van der Waals surface area contributed by atoms with Crippen LogP contribution in [0.3, 0.4) is 0 Å². The molecule has 0 nitrogen and oxygen atoms in total. The van der Waals surface area contributed by atoms with E-state index >= 15 is 0 Å². The zero-order valence-corrected chi connectivity index (χ0v) is 11.8. The van der Waals surface area contributed by atoms with Gasteiger partial charge in [0.05, 0.1) is 0 Å². The minimum atomic E-state index is 0. The summed E-state index contributed by atoms with van der Waals surface area (Å²) in [7, 11) is 0. The van der Waals surface area contributed by atoms with Gasteiger partial charge in [-0.3, -0.25) is 0 Å². The first-order chi connectivity index (χ1) is 0. The third-order valence-corrected chi connectivity index (χ3v) is 0. The monoisotopic (exact) mass is 467 g/mol. The van der Waals surface area contributed by atoms with Crippen molar-refractivity contribution in [3.63, 3.8) is 0 Å². The zero-order chi connectivity index (χ0) is 0. The van der Waals surface area contributed by atoms with E-state index in [1.807, 2.05) is 0 Å². The summed E-state index contributed by atoms with van der Waals surface area (Å²) in [6.45, 7) is 0. The predicted octanol–water partition coefficient (Wildman–Crippen LogP) is -12.0. The average Bonchev–Trinajstić information content (AvgIpc) is 0. The molecule has 0 N–H and O–H groups in total. The zero-order valence-electron chi connectivity index (χ0n) is 2.44. The first-order valence-corrected chi connectivity index (χ1v) is 0. The Bertz CT molecular complexity index is 6.85. The SMILES string of the molecule is [Cu+2].[I-].[I-].[I-].[Na+]. The molecule has 0 saturated carbocycles. The maximum atomic E-state index is 0. The van der Waals surface area contributed by atoms with Crippen LogP contribution in [0.2, 0.25) is 0 Å². The smallest absolute Gasteiger partial charge is 1.00 e. The van der Waals surface area contributed by atoms with E-state index in [2.05, 4.69) is 0 Å². The van der Waals surface area contributed by atoms with Crippen LogP contribution in [0.25, 0.3) is 0 Å². The summed E-state index contributed by atoms with van der Waals surface area (Å²) >= 11 is 0. The standard InChI is InChI=1S/Cu.3HI.Na/h;3*1H;/q+2;;;;+1/p-3. The summed E-state index contributed by atoms with van der Waals surface area (Å²) in [5, 5.41) is 0. The number of rotatable bonds is 0. The van der Waals surface area contributed by atoms with E-state index < -0.39 is 0 Å². The van der Waals surface area contributed by atoms with Crippen molar-refractivity contribution in [3.8, 4) is 0 Å². The summed E-state index contributed by atoms with van der Waals surface area (Å²) in [5.74, 6) is 0. The molecule has 1 radical (unpaired) electrons. The van der Waals surface area contributed by atoms with Crippen molar-refractivity contribution >= 4 is 0 Å². The molecule has 0 fully saturated rings. The van der Waals surface area contributed by atoms with Crippen molar-refractivity contribution in [2.45, 2.75) is 0 Å². The number of halogens is 3. The normalized spacial score (nSPS) is 0. The first kappa shape index (κ1) is 37.6. The number of hydrogen-bond acceptors (Lipinski definition) is 0. The van der Waals surface area contributed by atoms with Gasteiger partial charge in [0.25, 0.3) is 0 Å². The van der Waals surface area contributed by atoms with Crippen LogP contribution < -0.4 is 101 Å². The van der Waals surface area contributed by atoms with E-state index in [1.165, 1.54) is 0 Å². The molecule has 0 heterocycles. The van der Waals surface area contributed by atoms with E-state index in [4.69, 9.17) is 0 Å². The van der Waals surface area contributed by atoms with Crippen molar-refractivity contribution < 1.29 is 119 Å². The second kappa shape index (κ2) is 25.2. The van der Waals surface area contributed by atoms with Gasteiger partial charge in [0.2, 0.25) is 0 Å². The minimum Gasteiger partial charge on any atom is -1.00 e. The van der Waals surface area contributed by atoms with Gasteiger partial charge < -0.3 is 71.9 Å². The molecule has 0 aromatic rings. The van der Waals surface area contributed by atoms with Gasteiger partial charge in [-0.2, -0.15) is 0 Å². The van der Waals surface area contributed by atoms with E-state index in [1.54, 1.807) is 0 Å². The molecular formula is CuI3Na. The van der Waals surface area contributed by atoms with Crippen molar-refractivity contribution in [1.29, 1.82) is 0 Å². The van der Waals surface area contributed by atoms with Crippen LogP contribution in [0.4, 0.5) is 0 Å². The van der Waals surface area contributed by atoms with Crippen molar-refractivity contribution in [3.05, 3.63) is 0 Å². The molecule has 5 heteroatoms. The molecule has 0 amide bonds. The van der Waals surface area contributed by atoms with Gasteiger partial charge >= 0.3 is 46.6 Å². The largest absolute Gasteiger partial charge is 2.00 e. The topological polar surface area (TPSA) is 0 Å². The molecule has 0 atom stereocenters. The molecule has 0 spiro atoms. The van der Waals surface area contributed by atoms with Gasteiger partial charge in [-0.25, -0.2) is 0 Å². The van der Waals surface area contributed by atoms with Crippen LogP contribution in [-0.4, -0.2) is 0 Å². The Morgan fingerprint density at radius 3 is 0.600 bits per heavy atom. The van der Waals surface area contributed by atoms with Crippen molar-refractivity contribution in [1.82, 2.24) is 0 Å². The second-order valence-electron chi connectivity index (χ2n) is 0. The second-order valence-corrected chi connectivity index (χ2v) is 0. The summed E-state index contributed by atoms with van der Waals surface area (Å²) in [6.07, 6.45) is 0. The third-order valence-electron chi connectivity index (χ3n) is 0. The Labute approximate surface area is 116 Å². The van der Waals surface area contributed by atoms with E-state index in [0.29, 0.717) is 0 Å². The fourth-order valence-electron chi connectivity index (χ4n) is 0. The van der Waals surface area contributed by atoms with Crippen LogP contribution in [0.5, 0.6) is 0 Å². The van der Waals surface area contributed by atoms with Gasteiger partial charge in [-0.05, 0) is 0 Å². The Morgan fingerprint density at radius 1 is 0.600 bits per heavy atom. The fourth-order valence-corrected chi connectivity index (χ4v) is 0. The Hall–Kier alpha value is 3.71. The first-order valence-electron chi connectivity index (χ1n) is 0. The van der Waals surface area contributed by atoms with Gasteiger partial charge in [-0.1, -0.05) is 0 Å². The maximum absolute atomic E-state index is 0. The van der Waals surface area contributed by atoms with Gasteiger partial charge in [0.15, 0.2) is 0 Å². The molecule has 0 bridgehead atoms. The van der Waals surface area contributed by atoms with Gasteiger partial charge in [0, 0.05) is 0 Å². The Balaban J connectivity index is 0. The van der Waals surface area contributed by atoms with E-state index in [-0.39, 0.29) is 119 Å². The molecule has 0 rings (SSSR count). The maximum Gasteiger partial charge on any atom is 2.00 e. The van der Waals surface area contributed by atoms with Gasteiger partial charge in [-0.15, -0.1) is 0 Å². The molecular weight excluding hydrogens is 467 g/mol. The Kier molecular flexibility index (Phi) is 190. The molecule has 33 valence electrons. The minimum absolute atomic E-state index is 0. The summed E-state index contributed by atoms with van der Waals surface area (Å²) in [4.78, 5) is 0. The van der Waals surface area contributed by atoms with Crippen LogP contribution in [-0.2, 0) is 17.1 Å². The van der Waals surface area contributed by atoms with Crippen LogP contribution >= 0.6 is 0 Å². The van der Waals surface area contributed by atoms with E-state index in [9.17, 15) is 0 Å². The quantitative estimate of drug-likeness (QED) is 0.246. The Morgan fingerprint density at radius 2 is 0.600 bits per heavy atom. The average molecular weight is 467 g/mol. The summed E-state index contributed by atoms with van der Waals surface area (Å²) in [5.41, 5.74) is 0. The molecule has 0 unspecified atom stereocenters. The molecule has 0 aromatic heterocycles. The third kappa shape index (κ3) is 18.3. The molecule has 0 aromatic carbocycles. The molecule has 5 heavy (non-hydrogen) atoms. The molecule has 0 saturated heterocycles. The summed E-state index contributed by atoms with van der Waals surface area (Å²) in [6, 6.07) is 0. The van der Waals surface area contributed by atoms with E-state index in [0.717, 1.165) is 0 Å². The molecule has 0 aliphatic heterocycles. The van der Waals surface area contributed by atoms with Crippen molar-refractivity contribution in [2.75, 3.05) is 0 Å².